The van der Waals surface area contributed by atoms with Gasteiger partial charge in [-0.1, -0.05) is 30.4 Å². The Morgan fingerprint density at radius 1 is 1.38 bits per heavy atom. The summed E-state index contributed by atoms with van der Waals surface area (Å²) in [5.74, 6) is 0. The van der Waals surface area contributed by atoms with Crippen molar-refractivity contribution in [1.29, 1.82) is 0 Å². The maximum absolute atomic E-state index is 10.4. The first kappa shape index (κ1) is 17.9. The van der Waals surface area contributed by atoms with Crippen LogP contribution in [-0.4, -0.2) is 54.0 Å². The van der Waals surface area contributed by atoms with Crippen molar-refractivity contribution in [3.63, 3.8) is 0 Å². The van der Waals surface area contributed by atoms with Crippen LogP contribution in [0.15, 0.2) is 49.6 Å². The molecular formula is C17H28N2O2. The van der Waals surface area contributed by atoms with E-state index in [1.807, 2.05) is 36.5 Å². The van der Waals surface area contributed by atoms with Crippen molar-refractivity contribution in [3.05, 3.63) is 49.6 Å². The summed E-state index contributed by atoms with van der Waals surface area (Å²) in [7, 11) is 0. The lowest BCUT2D eigenvalue weighted by atomic mass is 9.86. The topological polar surface area (TPSA) is 58.7 Å². The Hall–Kier alpha value is -1.20. The fourth-order valence-electron chi connectivity index (χ4n) is 2.46. The van der Waals surface area contributed by atoms with E-state index < -0.39 is 11.7 Å². The highest BCUT2D eigenvalue weighted by molar-refractivity contribution is 5.21. The molecule has 0 aliphatic heterocycles. The van der Waals surface area contributed by atoms with Crippen molar-refractivity contribution < 1.29 is 9.84 Å². The fraction of sp³-hybridized carbons (Fsp3) is 0.529. The van der Waals surface area contributed by atoms with Crippen LogP contribution in [-0.2, 0) is 4.74 Å². The SMILES string of the molecule is C=CCN(CC=C)CCOC1(C(O)C(C)N)C=CC=CC1. The lowest BCUT2D eigenvalue weighted by molar-refractivity contribution is -0.100. The van der Waals surface area contributed by atoms with Gasteiger partial charge in [0.05, 0.1) is 6.61 Å². The molecule has 3 atom stereocenters. The normalized spacial score (nSPS) is 24.0. The first-order valence-electron chi connectivity index (χ1n) is 7.42. The Morgan fingerprint density at radius 3 is 2.52 bits per heavy atom. The minimum atomic E-state index is -0.731. The van der Waals surface area contributed by atoms with Crippen LogP contribution in [0.5, 0.6) is 0 Å². The van der Waals surface area contributed by atoms with E-state index in [0.29, 0.717) is 13.0 Å². The van der Waals surface area contributed by atoms with Gasteiger partial charge in [0.2, 0.25) is 0 Å². The summed E-state index contributed by atoms with van der Waals surface area (Å²) in [4.78, 5) is 2.17. The van der Waals surface area contributed by atoms with Crippen molar-refractivity contribution in [2.45, 2.75) is 31.1 Å². The van der Waals surface area contributed by atoms with Crippen LogP contribution in [0.25, 0.3) is 0 Å². The van der Waals surface area contributed by atoms with Crippen molar-refractivity contribution in [1.82, 2.24) is 4.90 Å². The monoisotopic (exact) mass is 292 g/mol. The van der Waals surface area contributed by atoms with E-state index in [0.717, 1.165) is 19.6 Å². The van der Waals surface area contributed by atoms with Gasteiger partial charge < -0.3 is 15.6 Å². The van der Waals surface area contributed by atoms with Crippen LogP contribution in [0, 0.1) is 0 Å². The molecule has 0 amide bonds. The summed E-state index contributed by atoms with van der Waals surface area (Å²) in [6.07, 6.45) is 11.4. The molecule has 0 radical (unpaired) electrons. The highest BCUT2D eigenvalue weighted by atomic mass is 16.5. The molecule has 4 heteroatoms. The number of aliphatic hydroxyl groups excluding tert-OH is 1. The molecule has 3 N–H and O–H groups in total. The largest absolute Gasteiger partial charge is 0.388 e. The van der Waals surface area contributed by atoms with Gasteiger partial charge in [-0.15, -0.1) is 13.2 Å². The smallest absolute Gasteiger partial charge is 0.117 e. The van der Waals surface area contributed by atoms with Gasteiger partial charge in [0, 0.05) is 32.1 Å². The molecule has 0 aromatic rings. The van der Waals surface area contributed by atoms with Crippen LogP contribution in [0.2, 0.25) is 0 Å². The summed E-state index contributed by atoms with van der Waals surface area (Å²) < 4.78 is 6.04. The van der Waals surface area contributed by atoms with Crippen LogP contribution in [0.1, 0.15) is 13.3 Å². The number of hydrogen-bond acceptors (Lipinski definition) is 4. The maximum Gasteiger partial charge on any atom is 0.117 e. The predicted molar refractivity (Wildman–Crippen MR) is 88.1 cm³/mol. The molecule has 1 aliphatic rings. The van der Waals surface area contributed by atoms with E-state index in [2.05, 4.69) is 18.1 Å². The minimum Gasteiger partial charge on any atom is -0.388 e. The molecule has 0 aromatic heterocycles. The number of hydrogen-bond donors (Lipinski definition) is 2. The van der Waals surface area contributed by atoms with Crippen molar-refractivity contribution in [2.24, 2.45) is 5.73 Å². The lowest BCUT2D eigenvalue weighted by Gasteiger charge is -2.38. The summed E-state index contributed by atoms with van der Waals surface area (Å²) in [5.41, 5.74) is 5.13. The summed E-state index contributed by atoms with van der Waals surface area (Å²) >= 11 is 0. The Bertz CT molecular complexity index is 380. The summed E-state index contributed by atoms with van der Waals surface area (Å²) in [6, 6.07) is -0.349. The minimum absolute atomic E-state index is 0.349. The second-order valence-corrected chi connectivity index (χ2v) is 5.44. The molecule has 118 valence electrons. The highest BCUT2D eigenvalue weighted by Crippen LogP contribution is 2.28. The van der Waals surface area contributed by atoms with E-state index in [4.69, 9.17) is 10.5 Å². The van der Waals surface area contributed by atoms with E-state index in [1.54, 1.807) is 6.92 Å². The molecule has 3 unspecified atom stereocenters. The molecule has 0 heterocycles. The zero-order valence-electron chi connectivity index (χ0n) is 12.9. The third-order valence-electron chi connectivity index (χ3n) is 3.61. The van der Waals surface area contributed by atoms with Gasteiger partial charge in [-0.25, -0.2) is 0 Å². The van der Waals surface area contributed by atoms with Gasteiger partial charge in [0.25, 0.3) is 0 Å². The predicted octanol–water partition coefficient (Wildman–Crippen LogP) is 1.64. The Labute approximate surface area is 128 Å². The van der Waals surface area contributed by atoms with Crippen LogP contribution >= 0.6 is 0 Å². The molecule has 0 spiro atoms. The molecule has 1 aliphatic carbocycles. The zero-order chi connectivity index (χ0) is 15.7. The van der Waals surface area contributed by atoms with Crippen molar-refractivity contribution in [3.8, 4) is 0 Å². The Kier molecular flexibility index (Phi) is 7.61. The molecule has 21 heavy (non-hydrogen) atoms. The first-order chi connectivity index (χ1) is 10.1. The average Bonchev–Trinajstić information content (AvgIpc) is 2.47. The van der Waals surface area contributed by atoms with Crippen molar-refractivity contribution in [2.75, 3.05) is 26.2 Å². The van der Waals surface area contributed by atoms with Gasteiger partial charge in [-0.2, -0.15) is 0 Å². The zero-order valence-corrected chi connectivity index (χ0v) is 12.9. The Balaban J connectivity index is 2.62. The standard InChI is InChI=1S/C17H28N2O2/c1-4-11-19(12-5-2)13-14-21-17(16(20)15(3)18)9-7-6-8-10-17/h4-9,15-16,20H,1-2,10-14,18H2,3H3. The molecule has 4 nitrogen and oxygen atoms in total. The molecule has 0 aromatic carbocycles. The van der Waals surface area contributed by atoms with Crippen LogP contribution in [0.4, 0.5) is 0 Å². The highest BCUT2D eigenvalue weighted by Gasteiger charge is 2.38. The van der Waals surface area contributed by atoms with Gasteiger partial charge in [0.15, 0.2) is 0 Å². The first-order valence-corrected chi connectivity index (χ1v) is 7.42. The fourth-order valence-corrected chi connectivity index (χ4v) is 2.46. The number of aliphatic hydroxyl groups is 1. The maximum atomic E-state index is 10.4. The quantitative estimate of drug-likeness (QED) is 0.601. The molecule has 1 rings (SSSR count). The Morgan fingerprint density at radius 2 is 2.05 bits per heavy atom. The van der Waals surface area contributed by atoms with Gasteiger partial charge in [0.1, 0.15) is 11.7 Å². The van der Waals surface area contributed by atoms with E-state index in [1.165, 1.54) is 0 Å². The van der Waals surface area contributed by atoms with Crippen molar-refractivity contribution >= 4 is 0 Å². The molecule has 0 fully saturated rings. The average molecular weight is 292 g/mol. The number of rotatable bonds is 10. The third-order valence-corrected chi connectivity index (χ3v) is 3.61. The third kappa shape index (κ3) is 5.25. The number of nitrogens with zero attached hydrogens (tertiary/aromatic N) is 1. The molecule has 0 saturated carbocycles. The van der Waals surface area contributed by atoms with E-state index in [9.17, 15) is 5.11 Å². The second-order valence-electron chi connectivity index (χ2n) is 5.44. The number of ether oxygens (including phenoxy) is 1. The molecule has 0 bridgehead atoms. The summed E-state index contributed by atoms with van der Waals surface area (Å²) in [6.45, 7) is 12.1. The van der Waals surface area contributed by atoms with Gasteiger partial charge in [-0.3, -0.25) is 4.90 Å². The van der Waals surface area contributed by atoms with Gasteiger partial charge >= 0.3 is 0 Å². The van der Waals surface area contributed by atoms with Crippen LogP contribution < -0.4 is 5.73 Å². The van der Waals surface area contributed by atoms with Gasteiger partial charge in [-0.05, 0) is 13.0 Å². The number of allylic oxidation sites excluding steroid dienone is 2. The molecular weight excluding hydrogens is 264 g/mol. The molecule has 0 saturated heterocycles. The second kappa shape index (κ2) is 8.95. The summed E-state index contributed by atoms with van der Waals surface area (Å²) in [5, 5.41) is 10.4. The number of nitrogens with two attached hydrogens (primary N) is 1. The lowest BCUT2D eigenvalue weighted by Crippen LogP contribution is -2.52. The van der Waals surface area contributed by atoms with E-state index >= 15 is 0 Å². The van der Waals surface area contributed by atoms with E-state index in [-0.39, 0.29) is 6.04 Å². The van der Waals surface area contributed by atoms with Crippen LogP contribution in [0.3, 0.4) is 0 Å².